The Bertz CT molecular complexity index is 827. The highest BCUT2D eigenvalue weighted by atomic mass is 16.5. The van der Waals surface area contributed by atoms with Gasteiger partial charge < -0.3 is 19.5 Å². The van der Waals surface area contributed by atoms with E-state index in [0.717, 1.165) is 16.9 Å². The molecule has 2 aromatic carbocycles. The molecule has 3 atom stereocenters. The Morgan fingerprint density at radius 1 is 1.00 bits per heavy atom. The van der Waals surface area contributed by atoms with E-state index >= 15 is 0 Å². The highest BCUT2D eigenvalue weighted by Crippen LogP contribution is 2.34. The predicted molar refractivity (Wildman–Crippen MR) is 107 cm³/mol. The molecule has 3 unspecified atom stereocenters. The molecular formula is C21H27N3O4. The standard InChI is InChI=1S/C21H27N3O4/c1-13-20(15-8-9-17(27-3)18(12-15)28-4)21(24-23-13)22-19(25)11-14-6-5-7-16(10-14)26-2/h5-10,12-13,20-21,23-24H,11H2,1-4H3,(H,22,25). The van der Waals surface area contributed by atoms with E-state index < -0.39 is 0 Å². The molecule has 150 valence electrons. The zero-order chi connectivity index (χ0) is 20.1. The molecule has 0 spiro atoms. The number of nitrogens with one attached hydrogen (secondary N) is 3. The van der Waals surface area contributed by atoms with Gasteiger partial charge in [-0.1, -0.05) is 18.2 Å². The molecule has 3 rings (SSSR count). The van der Waals surface area contributed by atoms with Crippen molar-refractivity contribution in [1.29, 1.82) is 0 Å². The minimum Gasteiger partial charge on any atom is -0.497 e. The molecular weight excluding hydrogens is 358 g/mol. The maximum absolute atomic E-state index is 12.6. The molecule has 0 bridgehead atoms. The zero-order valence-electron chi connectivity index (χ0n) is 16.6. The van der Waals surface area contributed by atoms with Crippen molar-refractivity contribution in [2.24, 2.45) is 0 Å². The maximum atomic E-state index is 12.6. The normalized spacial score (nSPS) is 21.2. The van der Waals surface area contributed by atoms with Crippen LogP contribution in [0.4, 0.5) is 0 Å². The first-order chi connectivity index (χ1) is 13.5. The van der Waals surface area contributed by atoms with E-state index in [1.54, 1.807) is 21.3 Å². The largest absolute Gasteiger partial charge is 0.497 e. The lowest BCUT2D eigenvalue weighted by Gasteiger charge is -2.23. The van der Waals surface area contributed by atoms with Crippen molar-refractivity contribution in [3.63, 3.8) is 0 Å². The molecule has 3 N–H and O–H groups in total. The van der Waals surface area contributed by atoms with Gasteiger partial charge in [0.2, 0.25) is 5.91 Å². The van der Waals surface area contributed by atoms with E-state index in [1.165, 1.54) is 0 Å². The Kier molecular flexibility index (Phi) is 6.38. The highest BCUT2D eigenvalue weighted by molar-refractivity contribution is 5.79. The summed E-state index contributed by atoms with van der Waals surface area (Å²) in [5.41, 5.74) is 8.35. The van der Waals surface area contributed by atoms with E-state index in [0.29, 0.717) is 11.5 Å². The number of hydrazine groups is 1. The van der Waals surface area contributed by atoms with Crippen LogP contribution in [0, 0.1) is 0 Å². The summed E-state index contributed by atoms with van der Waals surface area (Å²) in [5.74, 6) is 2.06. The van der Waals surface area contributed by atoms with Gasteiger partial charge in [0, 0.05) is 12.0 Å². The number of rotatable bonds is 7. The van der Waals surface area contributed by atoms with Crippen LogP contribution in [-0.2, 0) is 11.2 Å². The first kappa shape index (κ1) is 20.0. The van der Waals surface area contributed by atoms with Crippen molar-refractivity contribution in [1.82, 2.24) is 16.2 Å². The summed E-state index contributed by atoms with van der Waals surface area (Å²) in [6.45, 7) is 2.07. The SMILES string of the molecule is COc1cccc(CC(=O)NC2NNC(C)C2c2ccc(OC)c(OC)c2)c1. The number of carbonyl (C=O) groups excluding carboxylic acids is 1. The number of ether oxygens (including phenoxy) is 3. The second-order valence-corrected chi connectivity index (χ2v) is 6.79. The zero-order valence-corrected chi connectivity index (χ0v) is 16.6. The van der Waals surface area contributed by atoms with Crippen LogP contribution >= 0.6 is 0 Å². The molecule has 1 fully saturated rings. The van der Waals surface area contributed by atoms with Gasteiger partial charge in [0.15, 0.2) is 11.5 Å². The lowest BCUT2D eigenvalue weighted by atomic mass is 9.91. The van der Waals surface area contributed by atoms with Crippen molar-refractivity contribution in [3.8, 4) is 17.2 Å². The molecule has 1 aliphatic heterocycles. The molecule has 1 heterocycles. The number of methoxy groups -OCH3 is 3. The molecule has 7 heteroatoms. The van der Waals surface area contributed by atoms with Crippen LogP contribution < -0.4 is 30.4 Å². The summed E-state index contributed by atoms with van der Waals surface area (Å²) in [6.07, 6.45) is 0.0359. The van der Waals surface area contributed by atoms with Crippen LogP contribution in [0.25, 0.3) is 0 Å². The van der Waals surface area contributed by atoms with E-state index in [1.807, 2.05) is 42.5 Å². The van der Waals surface area contributed by atoms with Crippen LogP contribution in [0.1, 0.15) is 24.0 Å². The van der Waals surface area contributed by atoms with Gasteiger partial charge in [-0.3, -0.25) is 10.2 Å². The quantitative estimate of drug-likeness (QED) is 0.676. The molecule has 0 saturated carbocycles. The Morgan fingerprint density at radius 3 is 2.50 bits per heavy atom. The molecule has 1 saturated heterocycles. The summed E-state index contributed by atoms with van der Waals surface area (Å²) < 4.78 is 16.0. The third kappa shape index (κ3) is 4.37. The summed E-state index contributed by atoms with van der Waals surface area (Å²) >= 11 is 0. The van der Waals surface area contributed by atoms with E-state index in [2.05, 4.69) is 23.1 Å². The van der Waals surface area contributed by atoms with Gasteiger partial charge in [-0.25, -0.2) is 5.43 Å². The van der Waals surface area contributed by atoms with Crippen molar-refractivity contribution in [2.45, 2.75) is 31.5 Å². The number of benzene rings is 2. The number of amides is 1. The van der Waals surface area contributed by atoms with Gasteiger partial charge >= 0.3 is 0 Å². The minimum atomic E-state index is -0.244. The fraction of sp³-hybridized carbons (Fsp3) is 0.381. The van der Waals surface area contributed by atoms with Crippen LogP contribution in [0.15, 0.2) is 42.5 Å². The molecule has 0 aromatic heterocycles. The lowest BCUT2D eigenvalue weighted by molar-refractivity contribution is -0.121. The summed E-state index contributed by atoms with van der Waals surface area (Å²) in [7, 11) is 4.84. The van der Waals surface area contributed by atoms with Gasteiger partial charge in [-0.05, 0) is 42.3 Å². The molecule has 7 nitrogen and oxygen atoms in total. The lowest BCUT2D eigenvalue weighted by Crippen LogP contribution is -2.46. The first-order valence-corrected chi connectivity index (χ1v) is 9.21. The van der Waals surface area contributed by atoms with E-state index in [4.69, 9.17) is 14.2 Å². The van der Waals surface area contributed by atoms with Crippen molar-refractivity contribution in [3.05, 3.63) is 53.6 Å². The van der Waals surface area contributed by atoms with Gasteiger partial charge in [-0.2, -0.15) is 0 Å². The fourth-order valence-electron chi connectivity index (χ4n) is 3.55. The van der Waals surface area contributed by atoms with Crippen LogP contribution in [-0.4, -0.2) is 39.4 Å². The third-order valence-electron chi connectivity index (χ3n) is 4.97. The Hall–Kier alpha value is -2.77. The molecule has 28 heavy (non-hydrogen) atoms. The number of hydrogen-bond donors (Lipinski definition) is 3. The Balaban J connectivity index is 1.73. The average Bonchev–Trinajstić information content (AvgIpc) is 3.07. The minimum absolute atomic E-state index is 0.0362. The topological polar surface area (TPSA) is 80.9 Å². The highest BCUT2D eigenvalue weighted by Gasteiger charge is 2.35. The second kappa shape index (κ2) is 8.95. The van der Waals surface area contributed by atoms with Gasteiger partial charge in [0.25, 0.3) is 0 Å². The van der Waals surface area contributed by atoms with Crippen molar-refractivity contribution in [2.75, 3.05) is 21.3 Å². The Labute approximate surface area is 165 Å². The number of hydrogen-bond acceptors (Lipinski definition) is 6. The van der Waals surface area contributed by atoms with Crippen LogP contribution in [0.2, 0.25) is 0 Å². The van der Waals surface area contributed by atoms with E-state index in [-0.39, 0.29) is 30.5 Å². The van der Waals surface area contributed by atoms with Gasteiger partial charge in [-0.15, -0.1) is 0 Å². The molecule has 1 amide bonds. The molecule has 1 aliphatic rings. The summed E-state index contributed by atoms with van der Waals surface area (Å²) in [4.78, 5) is 12.6. The fourth-order valence-corrected chi connectivity index (χ4v) is 3.55. The van der Waals surface area contributed by atoms with Gasteiger partial charge in [0.05, 0.1) is 27.8 Å². The van der Waals surface area contributed by atoms with E-state index in [9.17, 15) is 4.79 Å². The third-order valence-corrected chi connectivity index (χ3v) is 4.97. The van der Waals surface area contributed by atoms with Crippen LogP contribution in [0.3, 0.4) is 0 Å². The smallest absolute Gasteiger partial charge is 0.225 e. The van der Waals surface area contributed by atoms with Crippen molar-refractivity contribution >= 4 is 5.91 Å². The monoisotopic (exact) mass is 385 g/mol. The molecule has 0 aliphatic carbocycles. The second-order valence-electron chi connectivity index (χ2n) is 6.79. The molecule has 2 aromatic rings. The Morgan fingerprint density at radius 2 is 1.79 bits per heavy atom. The summed E-state index contributed by atoms with van der Waals surface area (Å²) in [6, 6.07) is 13.5. The maximum Gasteiger partial charge on any atom is 0.225 e. The molecule has 0 radical (unpaired) electrons. The predicted octanol–water partition coefficient (Wildman–Crippen LogP) is 1.98. The number of carbonyl (C=O) groups is 1. The van der Waals surface area contributed by atoms with Gasteiger partial charge in [0.1, 0.15) is 11.9 Å². The summed E-state index contributed by atoms with van der Waals surface area (Å²) in [5, 5.41) is 3.08. The average molecular weight is 385 g/mol. The van der Waals surface area contributed by atoms with Crippen LogP contribution in [0.5, 0.6) is 17.2 Å². The van der Waals surface area contributed by atoms with Crippen molar-refractivity contribution < 1.29 is 19.0 Å². The first-order valence-electron chi connectivity index (χ1n) is 9.21.